The number of hydrogen-bond acceptors (Lipinski definition) is 12. The van der Waals surface area contributed by atoms with E-state index in [4.69, 9.17) is 4.74 Å². The summed E-state index contributed by atoms with van der Waals surface area (Å²) in [6.45, 7) is 10.2. The second-order valence-corrected chi connectivity index (χ2v) is 29.1. The highest BCUT2D eigenvalue weighted by Crippen LogP contribution is 2.40. The summed E-state index contributed by atoms with van der Waals surface area (Å²) < 4.78 is 120. The van der Waals surface area contributed by atoms with Crippen LogP contribution in [0.25, 0.3) is 0 Å². The Morgan fingerprint density at radius 1 is 0.637 bits per heavy atom. The lowest BCUT2D eigenvalue weighted by molar-refractivity contribution is -0.161. The van der Waals surface area contributed by atoms with Crippen molar-refractivity contribution in [2.45, 2.75) is 230 Å². The Labute approximate surface area is 589 Å². The first-order valence-corrected chi connectivity index (χ1v) is 35.2. The molecule has 3 N–H and O–H groups in total. The van der Waals surface area contributed by atoms with E-state index in [0.717, 1.165) is 57.7 Å². The van der Waals surface area contributed by atoms with Gasteiger partial charge in [-0.25, -0.2) is 8.78 Å². The third-order valence-electron chi connectivity index (χ3n) is 21.8. The van der Waals surface area contributed by atoms with Gasteiger partial charge in [0.05, 0.1) is 18.2 Å². The molecule has 2 saturated carbocycles. The van der Waals surface area contributed by atoms with E-state index in [1.165, 1.54) is 54.7 Å². The fourth-order valence-corrected chi connectivity index (χ4v) is 15.0. The number of amides is 11. The van der Waals surface area contributed by atoms with Crippen LogP contribution < -0.4 is 16.0 Å². The Balaban J connectivity index is 1.19. The molecule has 2 aromatic carbocycles. The monoisotopic (exact) mass is 1450 g/mol. The number of ether oxygens (including phenoxy) is 1. The second-order valence-electron chi connectivity index (χ2n) is 29.1. The highest BCUT2D eigenvalue weighted by molar-refractivity contribution is 6.00. The minimum absolute atomic E-state index is 0.00378. The molecule has 102 heavy (non-hydrogen) atoms. The van der Waals surface area contributed by atoms with Crippen LogP contribution in [-0.4, -0.2) is 232 Å². The average molecular weight is 1450 g/mol. The summed E-state index contributed by atoms with van der Waals surface area (Å²) in [5.41, 5.74) is -4.99. The number of hydrogen-bond donors (Lipinski definition) is 3. The number of carbonyl (C=O) groups excluding carboxylic acids is 11. The molecule has 4 aliphatic heterocycles. The number of nitrogens with zero attached hydrogens (tertiary/aromatic N) is 8. The topological polar surface area (TPSA) is 259 Å². The van der Waals surface area contributed by atoms with Crippen molar-refractivity contribution >= 4 is 65.0 Å². The number of benzene rings is 2. The van der Waals surface area contributed by atoms with Crippen LogP contribution in [0.3, 0.4) is 0 Å². The third kappa shape index (κ3) is 17.3. The molecule has 23 nitrogen and oxygen atoms in total. The van der Waals surface area contributed by atoms with Crippen LogP contribution >= 0.6 is 0 Å². The summed E-state index contributed by atoms with van der Waals surface area (Å²) in [4.78, 5) is 173. The Bertz CT molecular complexity index is 3490. The lowest BCUT2D eigenvalue weighted by atomic mass is 9.74. The molecular formula is C71H97F8N11O12. The zero-order valence-corrected chi connectivity index (χ0v) is 60.0. The Kier molecular flexibility index (Phi) is 25.3. The Morgan fingerprint density at radius 2 is 1.28 bits per heavy atom. The predicted molar refractivity (Wildman–Crippen MR) is 354 cm³/mol. The zero-order chi connectivity index (χ0) is 75.5. The quantitative estimate of drug-likeness (QED) is 0.232. The van der Waals surface area contributed by atoms with Crippen LogP contribution in [0.2, 0.25) is 0 Å². The maximum Gasteiger partial charge on any atom is 0.422 e. The van der Waals surface area contributed by atoms with Gasteiger partial charge in [0.15, 0.2) is 0 Å². The van der Waals surface area contributed by atoms with E-state index in [1.807, 2.05) is 13.8 Å². The van der Waals surface area contributed by atoms with Crippen LogP contribution in [0.5, 0.6) is 0 Å². The number of likely N-dealkylation sites (N-methyl/N-ethyl adjacent to an activating group) is 5. The molecule has 5 fully saturated rings. The maximum absolute atomic E-state index is 15.3. The molecule has 4 heterocycles. The molecule has 8 rings (SSSR count). The first-order chi connectivity index (χ1) is 47.7. The molecule has 11 atom stereocenters. The van der Waals surface area contributed by atoms with E-state index in [2.05, 4.69) is 16.0 Å². The molecule has 0 bridgehead atoms. The first kappa shape index (κ1) is 79.7. The van der Waals surface area contributed by atoms with Gasteiger partial charge in [-0.1, -0.05) is 53.0 Å². The molecule has 1 unspecified atom stereocenters. The molecule has 2 aliphatic carbocycles. The highest BCUT2D eigenvalue weighted by atomic mass is 19.4. The molecule has 0 aromatic heterocycles. The average Bonchev–Trinajstić information content (AvgIpc) is 1.13. The van der Waals surface area contributed by atoms with Crippen LogP contribution in [0.1, 0.15) is 160 Å². The number of fused-ring (bicyclic) bond motifs is 4. The molecule has 3 saturated heterocycles. The molecule has 31 heteroatoms. The van der Waals surface area contributed by atoms with Crippen LogP contribution in [0.15, 0.2) is 30.3 Å². The molecule has 0 radical (unpaired) electrons. The Hall–Kier alpha value is -7.99. The van der Waals surface area contributed by atoms with Gasteiger partial charge >= 0.3 is 12.4 Å². The van der Waals surface area contributed by atoms with Crippen molar-refractivity contribution in [3.8, 4) is 0 Å². The van der Waals surface area contributed by atoms with E-state index in [1.54, 1.807) is 27.7 Å². The highest BCUT2D eigenvalue weighted by Gasteiger charge is 2.54. The SMILES string of the molecule is CCO[C@@H]1C[C@H]2C(=O)NC3(CCC3)C(=O)N(C)[C@@H](C3CCCC3)C(=O)N(C)[C@H](C)CC(=O)N(C)[C@@H](CC(C)C)C(=O)N[C@@H](C(C)CC)C(=O)N(C)[C@@H](C)C(=O)N3CC[C@H]3C(=O)N3Cc4cc(C(F)(F)F)ccc4C[C@H]3C(=O)N(C)CC(=O)N[C@@H](CCc3cc(F)c(C(F)(F)F)c(F)c3)C(=O)N2C1. The van der Waals surface area contributed by atoms with Gasteiger partial charge in [-0.3, -0.25) is 52.7 Å². The van der Waals surface area contributed by atoms with Gasteiger partial charge in [0, 0.05) is 86.8 Å². The first-order valence-electron chi connectivity index (χ1n) is 35.2. The molecule has 1 spiro atoms. The van der Waals surface area contributed by atoms with Gasteiger partial charge in [-0.05, 0) is 137 Å². The summed E-state index contributed by atoms with van der Waals surface area (Å²) in [6, 6.07) is -8.13. The fraction of sp³-hybridized carbons (Fsp3) is 0.676. The van der Waals surface area contributed by atoms with Crippen molar-refractivity contribution in [1.82, 2.24) is 55.1 Å². The van der Waals surface area contributed by atoms with Gasteiger partial charge in [0.1, 0.15) is 71.1 Å². The van der Waals surface area contributed by atoms with E-state index < -0.39 is 204 Å². The minimum Gasteiger partial charge on any atom is -0.377 e. The van der Waals surface area contributed by atoms with Crippen molar-refractivity contribution in [3.05, 3.63) is 69.8 Å². The lowest BCUT2D eigenvalue weighted by Gasteiger charge is -2.47. The van der Waals surface area contributed by atoms with Crippen LogP contribution in [-0.2, 0) is 89.2 Å². The van der Waals surface area contributed by atoms with Crippen LogP contribution in [0, 0.1) is 29.4 Å². The molecule has 11 amide bonds. The van der Waals surface area contributed by atoms with Crippen LogP contribution in [0.4, 0.5) is 35.1 Å². The van der Waals surface area contributed by atoms with E-state index in [9.17, 15) is 55.1 Å². The van der Waals surface area contributed by atoms with Crippen molar-refractivity contribution in [2.75, 3.05) is 61.5 Å². The molecule has 2 aromatic rings. The van der Waals surface area contributed by atoms with E-state index >= 15 is 32.8 Å². The summed E-state index contributed by atoms with van der Waals surface area (Å²) in [5, 5.41) is 8.33. The van der Waals surface area contributed by atoms with Crippen molar-refractivity contribution in [2.24, 2.45) is 17.8 Å². The molecular weight excluding hydrogens is 1350 g/mol. The van der Waals surface area contributed by atoms with Gasteiger partial charge in [0.25, 0.3) is 0 Å². The smallest absolute Gasteiger partial charge is 0.377 e. The number of carbonyl (C=O) groups is 11. The summed E-state index contributed by atoms with van der Waals surface area (Å²) >= 11 is 0. The number of rotatable bonds is 10. The molecule has 6 aliphatic rings. The fourth-order valence-electron chi connectivity index (χ4n) is 15.0. The van der Waals surface area contributed by atoms with Crippen molar-refractivity contribution < 1.29 is 92.6 Å². The number of alkyl halides is 6. The summed E-state index contributed by atoms with van der Waals surface area (Å²) in [7, 11) is 6.92. The zero-order valence-electron chi connectivity index (χ0n) is 60.0. The number of nitrogens with one attached hydrogen (secondary N) is 3. The second kappa shape index (κ2) is 32.4. The van der Waals surface area contributed by atoms with E-state index in [0.29, 0.717) is 37.8 Å². The van der Waals surface area contributed by atoms with E-state index in [-0.39, 0.29) is 86.7 Å². The van der Waals surface area contributed by atoms with Gasteiger partial charge in [-0.15, -0.1) is 0 Å². The third-order valence-corrected chi connectivity index (χ3v) is 21.8. The largest absolute Gasteiger partial charge is 0.422 e. The van der Waals surface area contributed by atoms with Gasteiger partial charge in [-0.2, -0.15) is 26.3 Å². The number of aryl methyl sites for hydroxylation is 1. The normalized spacial score (nSPS) is 27.6. The molecule has 564 valence electrons. The summed E-state index contributed by atoms with van der Waals surface area (Å²) in [6.07, 6.45) is -9.38. The maximum atomic E-state index is 15.3. The predicted octanol–water partition coefficient (Wildman–Crippen LogP) is 6.00. The number of halogens is 8. The van der Waals surface area contributed by atoms with Crippen molar-refractivity contribution in [3.63, 3.8) is 0 Å². The van der Waals surface area contributed by atoms with Gasteiger partial charge in [0.2, 0.25) is 65.0 Å². The lowest BCUT2D eigenvalue weighted by Crippen LogP contribution is -2.68. The van der Waals surface area contributed by atoms with Crippen molar-refractivity contribution in [1.29, 1.82) is 0 Å². The Morgan fingerprint density at radius 3 is 1.84 bits per heavy atom. The summed E-state index contributed by atoms with van der Waals surface area (Å²) in [5.74, 6) is -13.5. The standard InChI is InChI=1S/C71H97F8N11O12/c1-13-39(5)58-66(99)85(10)41(7)62(95)88-27-24-51(88)65(98)89-35-45-32-46(70(74,75)76)22-21-44(45)33-54(89)64(97)83(8)37-55(91)80-50(23-20-42-30-48(72)57(49(73)31-42)71(77,78)79)63(96)90-36-47(102-14-2)34-53(90)61(94)82-69(25-17-26-69)68(101)87(12)59(43-18-15-16-19-43)67(100)84(9)40(6)29-56(92)86(11)52(28-38(3)4)60(93)81-58/h21-22,30-32,38-41,43,47,50-54,58-59H,13-20,23-29,33-37H2,1-12H3,(H,80,91)(H,81,93)(H,82,94)/t39?,40-,41+,47-,50+,51+,52+,53+,54+,58+,59+/m1/s1. The van der Waals surface area contributed by atoms with Gasteiger partial charge < -0.3 is 59.9 Å². The minimum atomic E-state index is -5.44.